The third-order valence-corrected chi connectivity index (χ3v) is 7.39. The highest BCUT2D eigenvalue weighted by Gasteiger charge is 2.58. The average Bonchev–Trinajstić information content (AvgIpc) is 3.14. The largest absolute Gasteiger partial charge is 0.451 e. The lowest BCUT2D eigenvalue weighted by Gasteiger charge is -2.58. The number of primary amides is 1. The minimum atomic E-state index is -0.348. The number of furan rings is 1. The Morgan fingerprint density at radius 1 is 1.07 bits per heavy atom. The van der Waals surface area contributed by atoms with E-state index in [-0.39, 0.29) is 29.0 Å². The van der Waals surface area contributed by atoms with Crippen molar-refractivity contribution in [1.82, 2.24) is 5.32 Å². The standard InChI is InChI=1S/C22H23ClN2O3/c23-16-4-2-1-3-15(16)17-5-6-18(28-17)20(26)25-19-13-7-12-8-14(19)11-22(9-12,10-13)21(24)27/h1-6,12-14,19H,7-11H2,(H2,24,27)(H,25,26). The maximum Gasteiger partial charge on any atom is 0.287 e. The Morgan fingerprint density at radius 2 is 1.79 bits per heavy atom. The molecule has 6 rings (SSSR count). The van der Waals surface area contributed by atoms with Gasteiger partial charge < -0.3 is 15.5 Å². The van der Waals surface area contributed by atoms with Crippen molar-refractivity contribution in [2.75, 3.05) is 0 Å². The first kappa shape index (κ1) is 17.8. The van der Waals surface area contributed by atoms with Gasteiger partial charge in [0.15, 0.2) is 5.76 Å². The molecule has 1 heterocycles. The van der Waals surface area contributed by atoms with Crippen LogP contribution in [0.5, 0.6) is 0 Å². The van der Waals surface area contributed by atoms with Crippen molar-refractivity contribution in [1.29, 1.82) is 0 Å². The van der Waals surface area contributed by atoms with Crippen LogP contribution in [-0.4, -0.2) is 17.9 Å². The number of carbonyl (C=O) groups excluding carboxylic acids is 2. The molecule has 6 heteroatoms. The van der Waals surface area contributed by atoms with Gasteiger partial charge in [-0.25, -0.2) is 0 Å². The molecule has 146 valence electrons. The number of amides is 2. The van der Waals surface area contributed by atoms with Crippen molar-refractivity contribution in [3.8, 4) is 11.3 Å². The molecule has 1 aromatic heterocycles. The summed E-state index contributed by atoms with van der Waals surface area (Å²) in [7, 11) is 0. The molecule has 0 saturated heterocycles. The molecule has 4 bridgehead atoms. The van der Waals surface area contributed by atoms with Crippen molar-refractivity contribution in [3.05, 3.63) is 47.2 Å². The molecule has 3 N–H and O–H groups in total. The quantitative estimate of drug-likeness (QED) is 0.815. The summed E-state index contributed by atoms with van der Waals surface area (Å²) >= 11 is 6.23. The van der Waals surface area contributed by atoms with E-state index in [9.17, 15) is 9.59 Å². The van der Waals surface area contributed by atoms with Crippen LogP contribution in [0.4, 0.5) is 0 Å². The molecule has 0 spiro atoms. The van der Waals surface area contributed by atoms with Crippen molar-refractivity contribution in [3.63, 3.8) is 0 Å². The van der Waals surface area contributed by atoms with Crippen molar-refractivity contribution in [2.24, 2.45) is 28.9 Å². The lowest BCUT2D eigenvalue weighted by Crippen LogP contribution is -2.62. The van der Waals surface area contributed by atoms with E-state index in [4.69, 9.17) is 21.8 Å². The van der Waals surface area contributed by atoms with E-state index in [2.05, 4.69) is 5.32 Å². The Balaban J connectivity index is 1.33. The fraction of sp³-hybridized carbons (Fsp3) is 0.455. The lowest BCUT2D eigenvalue weighted by atomic mass is 9.47. The third-order valence-electron chi connectivity index (χ3n) is 7.06. The van der Waals surface area contributed by atoms with Gasteiger partial charge in [0.2, 0.25) is 5.91 Å². The second-order valence-electron chi connectivity index (χ2n) is 8.76. The Kier molecular flexibility index (Phi) is 4.05. The maximum absolute atomic E-state index is 12.9. The van der Waals surface area contributed by atoms with Crippen molar-refractivity contribution in [2.45, 2.75) is 38.1 Å². The molecule has 2 unspecified atom stereocenters. The van der Waals surface area contributed by atoms with E-state index < -0.39 is 0 Å². The second-order valence-corrected chi connectivity index (χ2v) is 9.16. The van der Waals surface area contributed by atoms with E-state index in [1.165, 1.54) is 0 Å². The van der Waals surface area contributed by atoms with E-state index in [1.54, 1.807) is 18.2 Å². The van der Waals surface area contributed by atoms with Gasteiger partial charge in [-0.1, -0.05) is 23.7 Å². The molecule has 4 aliphatic rings. The van der Waals surface area contributed by atoms with Crippen LogP contribution in [0.1, 0.15) is 42.7 Å². The van der Waals surface area contributed by atoms with E-state index in [1.807, 2.05) is 18.2 Å². The molecule has 2 aromatic rings. The van der Waals surface area contributed by atoms with Crippen LogP contribution < -0.4 is 11.1 Å². The second kappa shape index (κ2) is 6.38. The normalized spacial score (nSPS) is 33.0. The van der Waals surface area contributed by atoms with Crippen molar-refractivity contribution < 1.29 is 14.0 Å². The van der Waals surface area contributed by atoms with Gasteiger partial charge in [-0.2, -0.15) is 0 Å². The predicted molar refractivity (Wildman–Crippen MR) is 106 cm³/mol. The van der Waals surface area contributed by atoms with E-state index in [0.717, 1.165) is 37.7 Å². The molecular formula is C22H23ClN2O3. The van der Waals surface area contributed by atoms with Crippen LogP contribution >= 0.6 is 11.6 Å². The fourth-order valence-corrected chi connectivity index (χ4v) is 6.28. The molecule has 2 amide bonds. The smallest absolute Gasteiger partial charge is 0.287 e. The van der Waals surface area contributed by atoms with Gasteiger partial charge in [-0.05, 0) is 74.1 Å². The number of rotatable bonds is 4. The van der Waals surface area contributed by atoms with Crippen LogP contribution in [0.25, 0.3) is 11.3 Å². The molecule has 2 atom stereocenters. The molecule has 4 aliphatic carbocycles. The number of halogens is 1. The molecular weight excluding hydrogens is 376 g/mol. The summed E-state index contributed by atoms with van der Waals surface area (Å²) in [5, 5.41) is 3.78. The topological polar surface area (TPSA) is 85.3 Å². The van der Waals surface area contributed by atoms with Gasteiger partial charge in [-0.3, -0.25) is 9.59 Å². The first-order chi connectivity index (χ1) is 13.4. The van der Waals surface area contributed by atoms with Gasteiger partial charge in [0, 0.05) is 17.0 Å². The fourth-order valence-electron chi connectivity index (χ4n) is 6.05. The third kappa shape index (κ3) is 2.75. The van der Waals surface area contributed by atoms with Crippen LogP contribution in [0.15, 0.2) is 40.8 Å². The highest BCUT2D eigenvalue weighted by atomic mass is 35.5. The van der Waals surface area contributed by atoms with Crippen LogP contribution in [0, 0.1) is 23.2 Å². The first-order valence-corrected chi connectivity index (χ1v) is 10.3. The highest BCUT2D eigenvalue weighted by Crippen LogP contribution is 2.59. The number of carbonyl (C=O) groups is 2. The van der Waals surface area contributed by atoms with Gasteiger partial charge in [0.05, 0.1) is 5.02 Å². The summed E-state index contributed by atoms with van der Waals surface area (Å²) in [6, 6.07) is 10.9. The molecule has 0 radical (unpaired) electrons. The van der Waals surface area contributed by atoms with Crippen molar-refractivity contribution >= 4 is 23.4 Å². The zero-order valence-corrected chi connectivity index (χ0v) is 16.2. The summed E-state index contributed by atoms with van der Waals surface area (Å²) in [5.74, 6) is 1.70. The maximum atomic E-state index is 12.9. The van der Waals surface area contributed by atoms with Crippen LogP contribution in [0.3, 0.4) is 0 Å². The SMILES string of the molecule is NC(=O)C12CC3CC(C1)C(NC(=O)c1ccc(-c4ccccc4Cl)o1)C(C3)C2. The Labute approximate surface area is 168 Å². The minimum Gasteiger partial charge on any atom is -0.451 e. The molecule has 0 aliphatic heterocycles. The minimum absolute atomic E-state index is 0.0883. The summed E-state index contributed by atoms with van der Waals surface area (Å²) in [6.07, 6.45) is 4.65. The van der Waals surface area contributed by atoms with Crippen LogP contribution in [-0.2, 0) is 4.79 Å². The Hall–Kier alpha value is -2.27. The lowest BCUT2D eigenvalue weighted by molar-refractivity contribution is -0.145. The molecule has 5 nitrogen and oxygen atoms in total. The molecule has 4 fully saturated rings. The monoisotopic (exact) mass is 398 g/mol. The summed E-state index contributed by atoms with van der Waals surface area (Å²) in [5.41, 5.74) is 6.16. The Morgan fingerprint density at radius 3 is 2.46 bits per heavy atom. The predicted octanol–water partition coefficient (Wildman–Crippen LogP) is 4.01. The molecule has 1 aromatic carbocycles. The van der Waals surface area contributed by atoms with Gasteiger partial charge in [-0.15, -0.1) is 0 Å². The van der Waals surface area contributed by atoms with E-state index in [0.29, 0.717) is 28.5 Å². The number of nitrogens with two attached hydrogens (primary N) is 1. The zero-order chi connectivity index (χ0) is 19.5. The number of benzene rings is 1. The highest BCUT2D eigenvalue weighted by molar-refractivity contribution is 6.33. The van der Waals surface area contributed by atoms with E-state index >= 15 is 0 Å². The van der Waals surface area contributed by atoms with Crippen LogP contribution in [0.2, 0.25) is 5.02 Å². The number of nitrogens with one attached hydrogen (secondary N) is 1. The zero-order valence-electron chi connectivity index (χ0n) is 15.5. The Bertz CT molecular complexity index is 937. The number of hydrogen-bond acceptors (Lipinski definition) is 3. The first-order valence-electron chi connectivity index (χ1n) is 9.91. The molecule has 4 saturated carbocycles. The number of hydrogen-bond donors (Lipinski definition) is 2. The summed E-state index contributed by atoms with van der Waals surface area (Å²) in [6.45, 7) is 0. The average molecular weight is 399 g/mol. The summed E-state index contributed by atoms with van der Waals surface area (Å²) < 4.78 is 5.79. The van der Waals surface area contributed by atoms with Gasteiger partial charge in [0.25, 0.3) is 5.91 Å². The molecule has 28 heavy (non-hydrogen) atoms. The van der Waals surface area contributed by atoms with Gasteiger partial charge >= 0.3 is 0 Å². The summed E-state index contributed by atoms with van der Waals surface area (Å²) in [4.78, 5) is 24.9. The van der Waals surface area contributed by atoms with Gasteiger partial charge in [0.1, 0.15) is 5.76 Å².